The summed E-state index contributed by atoms with van der Waals surface area (Å²) in [6, 6.07) is 8.11. The van der Waals surface area contributed by atoms with Crippen LogP contribution in [0.4, 0.5) is 5.69 Å². The number of hydrogen-bond donors (Lipinski definition) is 2. The van der Waals surface area contributed by atoms with E-state index in [2.05, 4.69) is 24.4 Å². The fraction of sp³-hybridized carbons (Fsp3) is 0.538. The summed E-state index contributed by atoms with van der Waals surface area (Å²) in [4.78, 5) is 0. The number of hydrogen-bond acceptors (Lipinski definition) is 2. The number of rotatable bonds is 5. The van der Waals surface area contributed by atoms with E-state index in [0.717, 1.165) is 18.8 Å². The molecule has 0 heterocycles. The molecule has 1 saturated carbocycles. The van der Waals surface area contributed by atoms with Crippen molar-refractivity contribution in [1.29, 1.82) is 0 Å². The zero-order valence-electron chi connectivity index (χ0n) is 9.42. The molecule has 1 aromatic carbocycles. The van der Waals surface area contributed by atoms with Crippen molar-refractivity contribution >= 4 is 5.69 Å². The number of benzene rings is 1. The molecule has 1 aliphatic carbocycles. The van der Waals surface area contributed by atoms with Crippen molar-refractivity contribution in [2.45, 2.75) is 32.7 Å². The maximum Gasteiger partial charge on any atom is 0.0314 e. The number of nitrogen functional groups attached to an aromatic ring is 1. The van der Waals surface area contributed by atoms with Crippen LogP contribution in [0.1, 0.15) is 31.7 Å². The Hall–Kier alpha value is -1.02. The van der Waals surface area contributed by atoms with Crippen LogP contribution in [0.15, 0.2) is 24.3 Å². The van der Waals surface area contributed by atoms with Gasteiger partial charge in [0.2, 0.25) is 0 Å². The summed E-state index contributed by atoms with van der Waals surface area (Å²) in [6.45, 7) is 4.41. The van der Waals surface area contributed by atoms with Gasteiger partial charge in [-0.15, -0.1) is 0 Å². The molecule has 0 radical (unpaired) electrons. The molecule has 2 nitrogen and oxygen atoms in total. The fourth-order valence-corrected chi connectivity index (χ4v) is 1.94. The maximum atomic E-state index is 5.64. The quantitative estimate of drug-likeness (QED) is 0.723. The van der Waals surface area contributed by atoms with Crippen molar-refractivity contribution in [2.24, 2.45) is 5.41 Å². The summed E-state index contributed by atoms with van der Waals surface area (Å²) in [5.41, 5.74) is 8.42. The Bertz CT molecular complexity index is 312. The van der Waals surface area contributed by atoms with E-state index in [1.165, 1.54) is 24.8 Å². The lowest BCUT2D eigenvalue weighted by molar-refractivity contribution is 0.443. The standard InChI is InChI=1S/C13H20N2/c1-2-13(7-8-13)10-15-9-11-3-5-12(14)6-4-11/h3-6,15H,2,7-10,14H2,1H3. The van der Waals surface area contributed by atoms with Crippen molar-refractivity contribution in [3.63, 3.8) is 0 Å². The molecule has 0 spiro atoms. The van der Waals surface area contributed by atoms with Crippen LogP contribution < -0.4 is 11.1 Å². The molecule has 0 aromatic heterocycles. The van der Waals surface area contributed by atoms with Gasteiger partial charge in [0.1, 0.15) is 0 Å². The molecule has 1 fully saturated rings. The van der Waals surface area contributed by atoms with Crippen LogP contribution in [0, 0.1) is 5.41 Å². The number of nitrogens with two attached hydrogens (primary N) is 1. The van der Waals surface area contributed by atoms with Gasteiger partial charge < -0.3 is 11.1 Å². The number of nitrogens with one attached hydrogen (secondary N) is 1. The van der Waals surface area contributed by atoms with Gasteiger partial charge >= 0.3 is 0 Å². The first-order valence-electron chi connectivity index (χ1n) is 5.79. The predicted octanol–water partition coefficient (Wildman–Crippen LogP) is 2.55. The minimum absolute atomic E-state index is 0.633. The second-order valence-corrected chi connectivity index (χ2v) is 4.70. The molecule has 15 heavy (non-hydrogen) atoms. The van der Waals surface area contributed by atoms with E-state index in [9.17, 15) is 0 Å². The first kappa shape index (κ1) is 10.5. The van der Waals surface area contributed by atoms with E-state index in [-0.39, 0.29) is 0 Å². The van der Waals surface area contributed by atoms with Crippen LogP contribution in [-0.4, -0.2) is 6.54 Å². The van der Waals surface area contributed by atoms with E-state index < -0.39 is 0 Å². The van der Waals surface area contributed by atoms with Crippen molar-refractivity contribution in [3.05, 3.63) is 29.8 Å². The van der Waals surface area contributed by atoms with Gasteiger partial charge in [-0.1, -0.05) is 19.1 Å². The molecule has 0 amide bonds. The summed E-state index contributed by atoms with van der Waals surface area (Å²) in [6.07, 6.45) is 4.11. The van der Waals surface area contributed by atoms with Gasteiger partial charge in [0.25, 0.3) is 0 Å². The highest BCUT2D eigenvalue weighted by molar-refractivity contribution is 5.39. The summed E-state index contributed by atoms with van der Waals surface area (Å²) >= 11 is 0. The Labute approximate surface area is 91.9 Å². The van der Waals surface area contributed by atoms with Gasteiger partial charge in [-0.25, -0.2) is 0 Å². The highest BCUT2D eigenvalue weighted by atomic mass is 14.9. The monoisotopic (exact) mass is 204 g/mol. The van der Waals surface area contributed by atoms with Crippen LogP contribution in [0.25, 0.3) is 0 Å². The molecule has 0 bridgehead atoms. The first-order chi connectivity index (χ1) is 7.24. The van der Waals surface area contributed by atoms with E-state index in [1.807, 2.05) is 12.1 Å². The Kier molecular flexibility index (Phi) is 2.96. The lowest BCUT2D eigenvalue weighted by Crippen LogP contribution is -2.23. The first-order valence-corrected chi connectivity index (χ1v) is 5.79. The molecular formula is C13H20N2. The minimum Gasteiger partial charge on any atom is -0.399 e. The summed E-state index contributed by atoms with van der Waals surface area (Å²) in [7, 11) is 0. The van der Waals surface area contributed by atoms with Crippen molar-refractivity contribution < 1.29 is 0 Å². The molecule has 82 valence electrons. The normalized spacial score (nSPS) is 17.7. The third-order valence-electron chi connectivity index (χ3n) is 3.52. The molecule has 0 saturated heterocycles. The second kappa shape index (κ2) is 4.23. The Morgan fingerprint density at radius 2 is 1.93 bits per heavy atom. The zero-order valence-corrected chi connectivity index (χ0v) is 9.42. The average molecular weight is 204 g/mol. The lowest BCUT2D eigenvalue weighted by Gasteiger charge is -2.13. The van der Waals surface area contributed by atoms with E-state index in [4.69, 9.17) is 5.73 Å². The molecule has 1 aliphatic rings. The molecule has 0 atom stereocenters. The summed E-state index contributed by atoms with van der Waals surface area (Å²) < 4.78 is 0. The van der Waals surface area contributed by atoms with Crippen molar-refractivity contribution in [1.82, 2.24) is 5.32 Å². The smallest absolute Gasteiger partial charge is 0.0314 e. The Morgan fingerprint density at radius 3 is 2.47 bits per heavy atom. The molecule has 1 aromatic rings. The van der Waals surface area contributed by atoms with Crippen LogP contribution >= 0.6 is 0 Å². The van der Waals surface area contributed by atoms with Gasteiger partial charge in [0.15, 0.2) is 0 Å². The largest absolute Gasteiger partial charge is 0.399 e. The third-order valence-corrected chi connectivity index (χ3v) is 3.52. The third kappa shape index (κ3) is 2.72. The van der Waals surface area contributed by atoms with Crippen LogP contribution in [0.2, 0.25) is 0 Å². The van der Waals surface area contributed by atoms with Gasteiger partial charge in [-0.2, -0.15) is 0 Å². The van der Waals surface area contributed by atoms with Crippen LogP contribution in [0.5, 0.6) is 0 Å². The fourth-order valence-electron chi connectivity index (χ4n) is 1.94. The molecule has 0 aliphatic heterocycles. The highest BCUT2D eigenvalue weighted by Gasteiger charge is 2.39. The SMILES string of the molecule is CCC1(CNCc2ccc(N)cc2)CC1. The van der Waals surface area contributed by atoms with E-state index in [1.54, 1.807) is 0 Å². The Morgan fingerprint density at radius 1 is 1.27 bits per heavy atom. The van der Waals surface area contributed by atoms with E-state index >= 15 is 0 Å². The van der Waals surface area contributed by atoms with Crippen molar-refractivity contribution in [3.8, 4) is 0 Å². The zero-order chi connectivity index (χ0) is 10.7. The predicted molar refractivity (Wildman–Crippen MR) is 64.5 cm³/mol. The topological polar surface area (TPSA) is 38.0 Å². The average Bonchev–Trinajstić information content (AvgIpc) is 3.02. The van der Waals surface area contributed by atoms with Gasteiger partial charge in [0, 0.05) is 18.8 Å². The highest BCUT2D eigenvalue weighted by Crippen LogP contribution is 2.47. The second-order valence-electron chi connectivity index (χ2n) is 4.70. The Balaban J connectivity index is 1.76. The van der Waals surface area contributed by atoms with E-state index in [0.29, 0.717) is 5.41 Å². The van der Waals surface area contributed by atoms with Gasteiger partial charge in [-0.05, 0) is 42.4 Å². The summed E-state index contributed by atoms with van der Waals surface area (Å²) in [5, 5.41) is 3.53. The van der Waals surface area contributed by atoms with Crippen molar-refractivity contribution in [2.75, 3.05) is 12.3 Å². The lowest BCUT2D eigenvalue weighted by atomic mass is 10.0. The minimum atomic E-state index is 0.633. The molecule has 3 N–H and O–H groups in total. The van der Waals surface area contributed by atoms with Crippen LogP contribution in [-0.2, 0) is 6.54 Å². The number of anilines is 1. The van der Waals surface area contributed by atoms with Crippen LogP contribution in [0.3, 0.4) is 0 Å². The van der Waals surface area contributed by atoms with Gasteiger partial charge in [0.05, 0.1) is 0 Å². The maximum absolute atomic E-state index is 5.64. The molecule has 0 unspecified atom stereocenters. The molecular weight excluding hydrogens is 184 g/mol. The molecule has 2 heteroatoms. The van der Waals surface area contributed by atoms with Gasteiger partial charge in [-0.3, -0.25) is 0 Å². The summed E-state index contributed by atoms with van der Waals surface area (Å²) in [5.74, 6) is 0. The molecule has 2 rings (SSSR count).